The Labute approximate surface area is 257 Å². The van der Waals surface area contributed by atoms with Crippen LogP contribution in [0.15, 0.2) is 71.6 Å². The van der Waals surface area contributed by atoms with E-state index >= 15 is 0 Å². The highest BCUT2D eigenvalue weighted by atomic mass is 35.5. The number of nitrogens with zero attached hydrogens (tertiary/aromatic N) is 1. The third-order valence-electron chi connectivity index (χ3n) is 8.27. The lowest BCUT2D eigenvalue weighted by atomic mass is 9.97. The van der Waals surface area contributed by atoms with Crippen LogP contribution in [0.25, 0.3) is 0 Å². The Kier molecular flexibility index (Phi) is 8.78. The van der Waals surface area contributed by atoms with Crippen LogP contribution in [0, 0.1) is 11.7 Å². The fourth-order valence-corrected chi connectivity index (χ4v) is 9.59. The van der Waals surface area contributed by atoms with Crippen LogP contribution in [0.4, 0.5) is 17.6 Å². The van der Waals surface area contributed by atoms with Crippen molar-refractivity contribution in [3.05, 3.63) is 94.3 Å². The zero-order valence-corrected chi connectivity index (χ0v) is 25.6. The van der Waals surface area contributed by atoms with Gasteiger partial charge in [-0.05, 0) is 73.4 Å². The number of hydrogen-bond donors (Lipinski definition) is 0. The van der Waals surface area contributed by atoms with Gasteiger partial charge in [-0.3, -0.25) is 4.79 Å². The van der Waals surface area contributed by atoms with Crippen LogP contribution in [0.2, 0.25) is 5.02 Å². The molecule has 0 unspecified atom stereocenters. The van der Waals surface area contributed by atoms with E-state index in [2.05, 4.69) is 0 Å². The molecule has 1 atom stereocenters. The smallest absolute Gasteiger partial charge is 0.416 e. The molecule has 14 heteroatoms. The fraction of sp³-hybridized carbons (Fsp3) is 0.367. The molecule has 44 heavy (non-hydrogen) atoms. The van der Waals surface area contributed by atoms with Crippen molar-refractivity contribution >= 4 is 37.2 Å². The van der Waals surface area contributed by atoms with Crippen molar-refractivity contribution in [1.82, 2.24) is 4.90 Å². The van der Waals surface area contributed by atoms with Crippen molar-refractivity contribution in [2.75, 3.05) is 24.6 Å². The molecule has 2 aliphatic heterocycles. The number of rotatable bonds is 7. The van der Waals surface area contributed by atoms with Gasteiger partial charge in [-0.15, -0.1) is 0 Å². The van der Waals surface area contributed by atoms with E-state index in [1.165, 1.54) is 41.3 Å². The molecule has 0 saturated carbocycles. The van der Waals surface area contributed by atoms with Crippen molar-refractivity contribution in [2.45, 2.75) is 41.7 Å². The Balaban J connectivity index is 1.44. The highest BCUT2D eigenvalue weighted by molar-refractivity contribution is 7.92. The predicted octanol–water partition coefficient (Wildman–Crippen LogP) is 5.80. The first kappa shape index (κ1) is 32.2. The second kappa shape index (κ2) is 12.0. The van der Waals surface area contributed by atoms with Crippen molar-refractivity contribution < 1.29 is 43.9 Å². The topological polar surface area (TPSA) is 97.8 Å². The molecule has 0 N–H and O–H groups in total. The van der Waals surface area contributed by atoms with Gasteiger partial charge in [-0.25, -0.2) is 21.2 Å². The number of likely N-dealkylation sites (tertiary alicyclic amines) is 1. The van der Waals surface area contributed by atoms with Gasteiger partial charge < -0.3 is 9.64 Å². The summed E-state index contributed by atoms with van der Waals surface area (Å²) >= 11 is 6.03. The van der Waals surface area contributed by atoms with Gasteiger partial charge in [0.2, 0.25) is 5.91 Å². The van der Waals surface area contributed by atoms with Crippen LogP contribution in [0.3, 0.4) is 0 Å². The second-order valence-electron chi connectivity index (χ2n) is 11.0. The molecule has 0 aromatic heterocycles. The number of sulfone groups is 2. The summed E-state index contributed by atoms with van der Waals surface area (Å²) in [5.74, 6) is -1.57. The largest absolute Gasteiger partial charge is 0.489 e. The van der Waals surface area contributed by atoms with Crippen molar-refractivity contribution in [2.24, 2.45) is 5.92 Å². The third-order valence-corrected chi connectivity index (χ3v) is 12.8. The quantitative estimate of drug-likeness (QED) is 0.232. The number of hydrogen-bond acceptors (Lipinski definition) is 6. The number of alkyl halides is 3. The molecule has 2 fully saturated rings. The molecule has 3 aromatic carbocycles. The number of carbonyl (C=O) groups excluding carboxylic acids is 1. The van der Waals surface area contributed by atoms with Crippen LogP contribution in [-0.2, 0) is 42.0 Å². The Morgan fingerprint density at radius 1 is 1.00 bits per heavy atom. The third kappa shape index (κ3) is 6.32. The van der Waals surface area contributed by atoms with E-state index in [9.17, 15) is 39.2 Å². The fourth-order valence-electron chi connectivity index (χ4n) is 5.80. The van der Waals surface area contributed by atoms with Crippen LogP contribution < -0.4 is 4.74 Å². The van der Waals surface area contributed by atoms with Crippen LogP contribution in [-0.4, -0.2) is 52.2 Å². The van der Waals surface area contributed by atoms with Crippen LogP contribution in [0.5, 0.6) is 5.75 Å². The average Bonchev–Trinajstić information content (AvgIpc) is 3.44. The summed E-state index contributed by atoms with van der Waals surface area (Å²) in [6.45, 7) is -0.622. The molecule has 0 spiro atoms. The molecule has 7 nitrogen and oxygen atoms in total. The molecule has 2 heterocycles. The minimum atomic E-state index is -4.65. The Bertz CT molecular complexity index is 1750. The van der Waals surface area contributed by atoms with E-state index in [0.717, 1.165) is 30.3 Å². The Morgan fingerprint density at radius 3 is 2.25 bits per heavy atom. The molecule has 236 valence electrons. The summed E-state index contributed by atoms with van der Waals surface area (Å²) in [5, 5.41) is -0.118. The van der Waals surface area contributed by atoms with Crippen molar-refractivity contribution in [1.29, 1.82) is 0 Å². The van der Waals surface area contributed by atoms with Crippen LogP contribution in [0.1, 0.15) is 36.0 Å². The predicted molar refractivity (Wildman–Crippen MR) is 155 cm³/mol. The van der Waals surface area contributed by atoms with Gasteiger partial charge in [0, 0.05) is 29.6 Å². The standard InChI is InChI=1S/C30H28ClF4NO6S2/c31-27-3-1-2-26(30(33,34)35)25(27)18-42-23-8-4-21(5-9-23)29(44(40,41)24-10-6-22(32)7-11-24)14-15-36(19-29)28(37)20-12-16-43(38,39)17-13-20/h1-11,20H,12-19H2/t29-/m0/s1. The molecule has 0 bridgehead atoms. The van der Waals surface area contributed by atoms with Gasteiger partial charge in [-0.1, -0.05) is 29.8 Å². The molecule has 2 saturated heterocycles. The lowest BCUT2D eigenvalue weighted by Crippen LogP contribution is -2.43. The first-order chi connectivity index (χ1) is 20.6. The number of carbonyl (C=O) groups is 1. The van der Waals surface area contributed by atoms with E-state index in [4.69, 9.17) is 16.3 Å². The molecule has 0 aliphatic carbocycles. The molecular weight excluding hydrogens is 646 g/mol. The van der Waals surface area contributed by atoms with E-state index < -0.39 is 54.5 Å². The molecular formula is C30H28ClF4NO6S2. The minimum Gasteiger partial charge on any atom is -0.489 e. The van der Waals surface area contributed by atoms with Gasteiger partial charge in [0.15, 0.2) is 9.84 Å². The summed E-state index contributed by atoms with van der Waals surface area (Å²) in [5.41, 5.74) is -0.872. The first-order valence-electron chi connectivity index (χ1n) is 13.7. The summed E-state index contributed by atoms with van der Waals surface area (Å²) in [7, 11) is -7.43. The average molecular weight is 674 g/mol. The molecule has 3 aromatic rings. The maximum atomic E-state index is 14.2. The summed E-state index contributed by atoms with van der Waals surface area (Å²) < 4.78 is 110. The number of amides is 1. The van der Waals surface area contributed by atoms with Crippen molar-refractivity contribution in [3.63, 3.8) is 0 Å². The number of benzene rings is 3. The summed E-state index contributed by atoms with van der Waals surface area (Å²) in [4.78, 5) is 14.7. The van der Waals surface area contributed by atoms with E-state index in [-0.39, 0.29) is 71.0 Å². The second-order valence-corrected chi connectivity index (χ2v) is 15.9. The zero-order chi connectivity index (χ0) is 31.9. The van der Waals surface area contributed by atoms with Gasteiger partial charge in [-0.2, -0.15) is 13.2 Å². The first-order valence-corrected chi connectivity index (χ1v) is 17.4. The van der Waals surface area contributed by atoms with Gasteiger partial charge in [0.1, 0.15) is 32.8 Å². The SMILES string of the molecule is O=C(C1CCS(=O)(=O)CC1)N1CC[C@](c2ccc(OCc3c(Cl)cccc3C(F)(F)F)cc2)(S(=O)(=O)c2ccc(F)cc2)C1. The van der Waals surface area contributed by atoms with E-state index in [0.29, 0.717) is 5.56 Å². The van der Waals surface area contributed by atoms with Gasteiger partial charge in [0.05, 0.1) is 22.0 Å². The molecule has 1 amide bonds. The lowest BCUT2D eigenvalue weighted by molar-refractivity contribution is -0.138. The molecule has 0 radical (unpaired) electrons. The van der Waals surface area contributed by atoms with Gasteiger partial charge in [0.25, 0.3) is 0 Å². The summed E-state index contributed by atoms with van der Waals surface area (Å²) in [6.07, 6.45) is -4.32. The zero-order valence-electron chi connectivity index (χ0n) is 23.2. The molecule has 2 aliphatic rings. The Morgan fingerprint density at radius 2 is 1.64 bits per heavy atom. The van der Waals surface area contributed by atoms with Crippen molar-refractivity contribution in [3.8, 4) is 5.75 Å². The number of halogens is 5. The van der Waals surface area contributed by atoms with Gasteiger partial charge >= 0.3 is 6.18 Å². The normalized spacial score (nSPS) is 20.9. The monoisotopic (exact) mass is 673 g/mol. The minimum absolute atomic E-state index is 0.0121. The number of ether oxygens (including phenoxy) is 1. The Hall–Kier alpha value is -3.16. The molecule has 5 rings (SSSR count). The summed E-state index contributed by atoms with van der Waals surface area (Å²) in [6, 6.07) is 13.6. The van der Waals surface area contributed by atoms with Crippen LogP contribution >= 0.6 is 11.6 Å². The highest BCUT2D eigenvalue weighted by Gasteiger charge is 2.52. The van der Waals surface area contributed by atoms with E-state index in [1.807, 2.05) is 0 Å². The maximum Gasteiger partial charge on any atom is 0.416 e. The van der Waals surface area contributed by atoms with E-state index in [1.54, 1.807) is 0 Å². The highest BCUT2D eigenvalue weighted by Crippen LogP contribution is 2.45. The lowest BCUT2D eigenvalue weighted by Gasteiger charge is -2.31. The maximum absolute atomic E-state index is 14.2.